The van der Waals surface area contributed by atoms with E-state index in [0.29, 0.717) is 11.1 Å². The Morgan fingerprint density at radius 2 is 1.35 bits per heavy atom. The SMILES string of the molecule is O=C(/C=C\c1ccc(F)cc1)NS(=O)/C=C/c1ccc(F)cc1. The summed E-state index contributed by atoms with van der Waals surface area (Å²) in [6.07, 6.45) is 4.20. The lowest BCUT2D eigenvalue weighted by atomic mass is 10.2. The number of rotatable bonds is 5. The minimum atomic E-state index is -1.70. The first kappa shape index (κ1) is 16.8. The molecule has 0 aromatic heterocycles. The molecule has 0 fully saturated rings. The average Bonchev–Trinajstić information content (AvgIpc) is 2.54. The smallest absolute Gasteiger partial charge is 0.255 e. The van der Waals surface area contributed by atoms with Gasteiger partial charge in [0.2, 0.25) is 0 Å². The van der Waals surface area contributed by atoms with Crippen molar-refractivity contribution in [2.45, 2.75) is 0 Å². The van der Waals surface area contributed by atoms with Crippen LogP contribution in [0.15, 0.2) is 60.0 Å². The van der Waals surface area contributed by atoms with Gasteiger partial charge in [0.1, 0.15) is 22.6 Å². The molecular weight excluding hydrogens is 320 g/mol. The Morgan fingerprint density at radius 3 is 1.87 bits per heavy atom. The Balaban J connectivity index is 1.88. The molecule has 0 aliphatic rings. The van der Waals surface area contributed by atoms with Crippen LogP contribution in [0.2, 0.25) is 0 Å². The van der Waals surface area contributed by atoms with E-state index in [1.165, 1.54) is 72.2 Å². The number of carbonyl (C=O) groups is 1. The normalized spacial score (nSPS) is 12.6. The van der Waals surface area contributed by atoms with Crippen molar-refractivity contribution in [2.75, 3.05) is 0 Å². The monoisotopic (exact) mass is 333 g/mol. The fourth-order valence-electron chi connectivity index (χ4n) is 1.63. The van der Waals surface area contributed by atoms with Gasteiger partial charge >= 0.3 is 0 Å². The molecular formula is C17H13F2NO2S. The summed E-state index contributed by atoms with van der Waals surface area (Å²) < 4.78 is 39.4. The molecule has 1 amide bonds. The highest BCUT2D eigenvalue weighted by Crippen LogP contribution is 2.06. The van der Waals surface area contributed by atoms with Gasteiger partial charge in [0.15, 0.2) is 0 Å². The Labute approximate surface area is 134 Å². The van der Waals surface area contributed by atoms with Crippen LogP contribution in [0.1, 0.15) is 11.1 Å². The third-order valence-corrected chi connectivity index (χ3v) is 3.54. The first-order valence-electron chi connectivity index (χ1n) is 6.61. The van der Waals surface area contributed by atoms with Gasteiger partial charge in [-0.25, -0.2) is 13.0 Å². The zero-order chi connectivity index (χ0) is 16.7. The maximum absolute atomic E-state index is 12.7. The first-order chi connectivity index (χ1) is 11.0. The summed E-state index contributed by atoms with van der Waals surface area (Å²) >= 11 is 0. The molecule has 0 aliphatic heterocycles. The minimum Gasteiger partial charge on any atom is -0.269 e. The van der Waals surface area contributed by atoms with Gasteiger partial charge in [0, 0.05) is 11.5 Å². The Morgan fingerprint density at radius 1 is 0.870 bits per heavy atom. The molecule has 1 atom stereocenters. The van der Waals surface area contributed by atoms with Crippen molar-refractivity contribution in [1.82, 2.24) is 4.72 Å². The van der Waals surface area contributed by atoms with Crippen LogP contribution in [-0.2, 0) is 15.8 Å². The molecule has 23 heavy (non-hydrogen) atoms. The van der Waals surface area contributed by atoms with Crippen LogP contribution in [0.3, 0.4) is 0 Å². The van der Waals surface area contributed by atoms with E-state index in [1.807, 2.05) is 0 Å². The molecule has 1 unspecified atom stereocenters. The summed E-state index contributed by atoms with van der Waals surface area (Å²) in [6.45, 7) is 0. The van der Waals surface area contributed by atoms with Crippen LogP contribution in [-0.4, -0.2) is 10.1 Å². The number of halogens is 2. The zero-order valence-electron chi connectivity index (χ0n) is 11.9. The maximum atomic E-state index is 12.7. The topological polar surface area (TPSA) is 46.2 Å². The van der Waals surface area contributed by atoms with Gasteiger partial charge in [0.25, 0.3) is 5.91 Å². The van der Waals surface area contributed by atoms with Gasteiger partial charge in [0.05, 0.1) is 0 Å². The number of nitrogens with one attached hydrogen (secondary N) is 1. The van der Waals surface area contributed by atoms with Crippen LogP contribution in [0, 0.1) is 11.6 Å². The molecule has 0 bridgehead atoms. The highest BCUT2D eigenvalue weighted by atomic mass is 32.2. The molecule has 0 heterocycles. The van der Waals surface area contributed by atoms with Gasteiger partial charge < -0.3 is 0 Å². The third kappa shape index (κ3) is 5.96. The van der Waals surface area contributed by atoms with Gasteiger partial charge in [-0.2, -0.15) is 0 Å². The highest BCUT2D eigenvalue weighted by Gasteiger charge is 1.99. The molecule has 0 aliphatic carbocycles. The van der Waals surface area contributed by atoms with Crippen molar-refractivity contribution in [3.05, 3.63) is 82.8 Å². The van der Waals surface area contributed by atoms with Crippen molar-refractivity contribution in [1.29, 1.82) is 0 Å². The highest BCUT2D eigenvalue weighted by molar-refractivity contribution is 7.86. The molecule has 0 saturated heterocycles. The van der Waals surface area contributed by atoms with Crippen molar-refractivity contribution >= 4 is 29.0 Å². The number of hydrogen-bond donors (Lipinski definition) is 1. The molecule has 3 nitrogen and oxygen atoms in total. The molecule has 6 heteroatoms. The van der Waals surface area contributed by atoms with E-state index in [4.69, 9.17) is 0 Å². The van der Waals surface area contributed by atoms with E-state index >= 15 is 0 Å². The summed E-state index contributed by atoms with van der Waals surface area (Å²) in [5.74, 6) is -1.27. The predicted octanol–water partition coefficient (Wildman–Crippen LogP) is 3.43. The summed E-state index contributed by atoms with van der Waals surface area (Å²) in [5.41, 5.74) is 1.31. The second-order valence-corrected chi connectivity index (χ2v) is 5.57. The lowest BCUT2D eigenvalue weighted by molar-refractivity contribution is -0.114. The number of benzene rings is 2. The second-order valence-electron chi connectivity index (χ2n) is 4.50. The van der Waals surface area contributed by atoms with Crippen LogP contribution in [0.25, 0.3) is 12.2 Å². The van der Waals surface area contributed by atoms with Gasteiger partial charge in [-0.1, -0.05) is 24.3 Å². The molecule has 0 radical (unpaired) electrons. The quantitative estimate of drug-likeness (QED) is 0.852. The fourth-order valence-corrected chi connectivity index (χ4v) is 2.24. The Kier molecular flexibility index (Phi) is 5.94. The van der Waals surface area contributed by atoms with Crippen molar-refractivity contribution in [2.24, 2.45) is 0 Å². The minimum absolute atomic E-state index is 0.359. The molecule has 2 aromatic rings. The summed E-state index contributed by atoms with van der Waals surface area (Å²) in [6, 6.07) is 11.2. The number of carbonyl (C=O) groups excluding carboxylic acids is 1. The third-order valence-electron chi connectivity index (χ3n) is 2.75. The lowest BCUT2D eigenvalue weighted by Crippen LogP contribution is -2.21. The standard InChI is InChI=1S/C17H13F2NO2S/c18-15-6-1-13(2-7-15)5-10-17(21)20-23(22)12-11-14-3-8-16(19)9-4-14/h1-12H,(H,20,21)/b10-5-,12-11+. The van der Waals surface area contributed by atoms with E-state index in [0.717, 1.165) is 0 Å². The summed E-state index contributed by atoms with van der Waals surface area (Å²) in [7, 11) is -1.70. The zero-order valence-corrected chi connectivity index (χ0v) is 12.7. The summed E-state index contributed by atoms with van der Waals surface area (Å²) in [4.78, 5) is 11.6. The first-order valence-corrected chi connectivity index (χ1v) is 7.83. The van der Waals surface area contributed by atoms with Gasteiger partial charge in [-0.3, -0.25) is 9.52 Å². The summed E-state index contributed by atoms with van der Waals surface area (Å²) in [5, 5.41) is 1.29. The fraction of sp³-hybridized carbons (Fsp3) is 0. The van der Waals surface area contributed by atoms with E-state index in [9.17, 15) is 17.8 Å². The van der Waals surface area contributed by atoms with Crippen LogP contribution < -0.4 is 4.72 Å². The molecule has 0 saturated carbocycles. The average molecular weight is 333 g/mol. The van der Waals surface area contributed by atoms with Crippen LogP contribution >= 0.6 is 0 Å². The molecule has 2 aromatic carbocycles. The molecule has 2 rings (SSSR count). The van der Waals surface area contributed by atoms with Crippen molar-refractivity contribution < 1.29 is 17.8 Å². The van der Waals surface area contributed by atoms with Gasteiger partial charge in [-0.05, 0) is 47.5 Å². The largest absolute Gasteiger partial charge is 0.269 e. The number of amides is 1. The van der Waals surface area contributed by atoms with Crippen molar-refractivity contribution in [3.8, 4) is 0 Å². The molecule has 1 N–H and O–H groups in total. The Bertz CT molecular complexity index is 688. The van der Waals surface area contributed by atoms with Crippen molar-refractivity contribution in [3.63, 3.8) is 0 Å². The molecule has 0 spiro atoms. The van der Waals surface area contributed by atoms with E-state index in [2.05, 4.69) is 4.72 Å². The Hall–Kier alpha value is -2.60. The lowest BCUT2D eigenvalue weighted by Gasteiger charge is -1.97. The van der Waals surface area contributed by atoms with E-state index in [-0.39, 0.29) is 11.6 Å². The second kappa shape index (κ2) is 8.14. The van der Waals surface area contributed by atoms with E-state index < -0.39 is 16.9 Å². The van der Waals surface area contributed by atoms with Crippen LogP contribution in [0.4, 0.5) is 8.78 Å². The maximum Gasteiger partial charge on any atom is 0.255 e. The van der Waals surface area contributed by atoms with Gasteiger partial charge in [-0.15, -0.1) is 0 Å². The molecule has 118 valence electrons. The van der Waals surface area contributed by atoms with E-state index in [1.54, 1.807) is 0 Å². The van der Waals surface area contributed by atoms with Crippen LogP contribution in [0.5, 0.6) is 0 Å². The predicted molar refractivity (Wildman–Crippen MR) is 87.2 cm³/mol. The number of hydrogen-bond acceptors (Lipinski definition) is 2.